The number of anilines is 1. The Balaban J connectivity index is 2.93. The molecule has 94 valence electrons. The van der Waals surface area contributed by atoms with Crippen LogP contribution < -0.4 is 10.1 Å². The second kappa shape index (κ2) is 6.94. The molecule has 3 nitrogen and oxygen atoms in total. The van der Waals surface area contributed by atoms with Crippen LogP contribution >= 0.6 is 0 Å². The summed E-state index contributed by atoms with van der Waals surface area (Å²) in [6, 6.07) is 5.86. The van der Waals surface area contributed by atoms with Crippen molar-refractivity contribution in [1.29, 1.82) is 0 Å². The summed E-state index contributed by atoms with van der Waals surface area (Å²) in [5.41, 5.74) is 1.91. The number of hydrogen-bond donors (Lipinski definition) is 1. The summed E-state index contributed by atoms with van der Waals surface area (Å²) in [7, 11) is 0. The number of nitrogens with one attached hydrogen (secondary N) is 1. The van der Waals surface area contributed by atoms with Crippen molar-refractivity contribution in [3.63, 3.8) is 0 Å². The quantitative estimate of drug-likeness (QED) is 0.820. The normalized spacial score (nSPS) is 10.1. The van der Waals surface area contributed by atoms with Gasteiger partial charge in [-0.15, -0.1) is 0 Å². The van der Waals surface area contributed by atoms with Crippen molar-refractivity contribution in [2.75, 3.05) is 11.9 Å². The molecular formula is C14H21NO2. The number of amides is 1. The Morgan fingerprint density at radius 2 is 2.06 bits per heavy atom. The first-order chi connectivity index (χ1) is 8.22. The van der Waals surface area contributed by atoms with Crippen LogP contribution in [0, 0.1) is 0 Å². The molecule has 17 heavy (non-hydrogen) atoms. The highest BCUT2D eigenvalue weighted by Gasteiger charge is 2.10. The van der Waals surface area contributed by atoms with E-state index in [1.54, 1.807) is 0 Å². The molecule has 0 aliphatic heterocycles. The molecule has 1 amide bonds. The predicted octanol–water partition coefficient (Wildman–Crippen LogP) is 3.39. The van der Waals surface area contributed by atoms with Gasteiger partial charge in [0.25, 0.3) is 0 Å². The Labute approximate surface area is 103 Å². The van der Waals surface area contributed by atoms with Crippen LogP contribution in [0.4, 0.5) is 5.69 Å². The number of benzene rings is 1. The molecule has 0 atom stereocenters. The van der Waals surface area contributed by atoms with Crippen molar-refractivity contribution in [1.82, 2.24) is 0 Å². The monoisotopic (exact) mass is 235 g/mol. The van der Waals surface area contributed by atoms with Crippen molar-refractivity contribution < 1.29 is 9.53 Å². The van der Waals surface area contributed by atoms with Crippen molar-refractivity contribution in [2.45, 2.75) is 40.0 Å². The van der Waals surface area contributed by atoms with Gasteiger partial charge in [0, 0.05) is 6.42 Å². The number of carbonyl (C=O) groups excluding carboxylic acids is 1. The standard InChI is InChI=1S/C14H21NO2/c1-4-8-13(16)15-12-10-7-9-11(5-2)14(12)17-6-3/h7,9-10H,4-6,8H2,1-3H3,(H,15,16). The first-order valence-electron chi connectivity index (χ1n) is 6.27. The molecular weight excluding hydrogens is 214 g/mol. The van der Waals surface area contributed by atoms with E-state index in [1.165, 1.54) is 0 Å². The van der Waals surface area contributed by atoms with Gasteiger partial charge < -0.3 is 10.1 Å². The van der Waals surface area contributed by atoms with Crippen LogP contribution in [0.3, 0.4) is 0 Å². The molecule has 3 heteroatoms. The third-order valence-corrected chi connectivity index (χ3v) is 2.52. The third kappa shape index (κ3) is 3.77. The van der Waals surface area contributed by atoms with Crippen LogP contribution in [0.15, 0.2) is 18.2 Å². The van der Waals surface area contributed by atoms with Crippen molar-refractivity contribution in [3.05, 3.63) is 23.8 Å². The molecule has 0 saturated carbocycles. The summed E-state index contributed by atoms with van der Waals surface area (Å²) in [4.78, 5) is 11.6. The molecule has 0 unspecified atom stereocenters. The second-order valence-electron chi connectivity index (χ2n) is 3.88. The Morgan fingerprint density at radius 1 is 1.29 bits per heavy atom. The first-order valence-corrected chi connectivity index (χ1v) is 6.27. The minimum Gasteiger partial charge on any atom is -0.491 e. The van der Waals surface area contributed by atoms with Gasteiger partial charge in [0.1, 0.15) is 5.75 Å². The molecule has 1 rings (SSSR count). The van der Waals surface area contributed by atoms with Crippen molar-refractivity contribution in [3.8, 4) is 5.75 Å². The van der Waals surface area contributed by atoms with Crippen LogP contribution in [0.5, 0.6) is 5.75 Å². The third-order valence-electron chi connectivity index (χ3n) is 2.52. The summed E-state index contributed by atoms with van der Waals surface area (Å²) < 4.78 is 5.62. The topological polar surface area (TPSA) is 38.3 Å². The molecule has 0 saturated heterocycles. The van der Waals surface area contributed by atoms with Crippen LogP contribution in [0.2, 0.25) is 0 Å². The molecule has 0 radical (unpaired) electrons. The fourth-order valence-corrected chi connectivity index (χ4v) is 1.72. The van der Waals surface area contributed by atoms with Gasteiger partial charge >= 0.3 is 0 Å². The highest BCUT2D eigenvalue weighted by molar-refractivity contribution is 5.92. The summed E-state index contributed by atoms with van der Waals surface area (Å²) in [6.45, 7) is 6.62. The SMILES string of the molecule is CCCC(=O)Nc1cccc(CC)c1OCC. The Hall–Kier alpha value is -1.51. The fraction of sp³-hybridized carbons (Fsp3) is 0.500. The molecule has 0 aliphatic carbocycles. The van der Waals surface area contributed by atoms with Gasteiger partial charge in [-0.05, 0) is 31.4 Å². The van der Waals surface area contributed by atoms with E-state index in [4.69, 9.17) is 4.74 Å². The molecule has 1 aromatic carbocycles. The maximum atomic E-state index is 11.6. The lowest BCUT2D eigenvalue weighted by Crippen LogP contribution is -2.12. The number of carbonyl (C=O) groups is 1. The van der Waals surface area contributed by atoms with E-state index in [0.717, 1.165) is 29.8 Å². The number of rotatable bonds is 6. The van der Waals surface area contributed by atoms with Crippen LogP contribution in [0.1, 0.15) is 39.2 Å². The van der Waals surface area contributed by atoms with Crippen LogP contribution in [-0.4, -0.2) is 12.5 Å². The van der Waals surface area contributed by atoms with Crippen LogP contribution in [0.25, 0.3) is 0 Å². The van der Waals surface area contributed by atoms with Gasteiger partial charge in [-0.3, -0.25) is 4.79 Å². The Morgan fingerprint density at radius 3 is 2.65 bits per heavy atom. The van der Waals surface area contributed by atoms with E-state index in [1.807, 2.05) is 32.0 Å². The number of aryl methyl sites for hydroxylation is 1. The van der Waals surface area contributed by atoms with Gasteiger partial charge in [-0.2, -0.15) is 0 Å². The zero-order chi connectivity index (χ0) is 12.7. The largest absolute Gasteiger partial charge is 0.491 e. The average molecular weight is 235 g/mol. The maximum absolute atomic E-state index is 11.6. The van der Waals surface area contributed by atoms with E-state index in [-0.39, 0.29) is 5.91 Å². The van der Waals surface area contributed by atoms with E-state index >= 15 is 0 Å². The van der Waals surface area contributed by atoms with Gasteiger partial charge in [-0.25, -0.2) is 0 Å². The lowest BCUT2D eigenvalue weighted by Gasteiger charge is -2.14. The highest BCUT2D eigenvalue weighted by atomic mass is 16.5. The van der Waals surface area contributed by atoms with E-state index in [9.17, 15) is 4.79 Å². The zero-order valence-corrected chi connectivity index (χ0v) is 10.9. The zero-order valence-electron chi connectivity index (χ0n) is 10.9. The highest BCUT2D eigenvalue weighted by Crippen LogP contribution is 2.29. The number of ether oxygens (including phenoxy) is 1. The summed E-state index contributed by atoms with van der Waals surface area (Å²) >= 11 is 0. The molecule has 0 aromatic heterocycles. The van der Waals surface area contributed by atoms with E-state index < -0.39 is 0 Å². The van der Waals surface area contributed by atoms with Crippen molar-refractivity contribution >= 4 is 11.6 Å². The molecule has 1 N–H and O–H groups in total. The first kappa shape index (κ1) is 13.6. The molecule has 1 aromatic rings. The lowest BCUT2D eigenvalue weighted by molar-refractivity contribution is -0.116. The predicted molar refractivity (Wildman–Crippen MR) is 70.5 cm³/mol. The van der Waals surface area contributed by atoms with E-state index in [2.05, 4.69) is 12.2 Å². The Bertz CT molecular complexity index is 374. The molecule has 0 bridgehead atoms. The second-order valence-corrected chi connectivity index (χ2v) is 3.88. The number of hydrogen-bond acceptors (Lipinski definition) is 2. The molecule has 0 fully saturated rings. The fourth-order valence-electron chi connectivity index (χ4n) is 1.72. The smallest absolute Gasteiger partial charge is 0.224 e. The van der Waals surface area contributed by atoms with E-state index in [0.29, 0.717) is 13.0 Å². The maximum Gasteiger partial charge on any atom is 0.224 e. The lowest BCUT2D eigenvalue weighted by atomic mass is 10.1. The minimum atomic E-state index is 0.0432. The summed E-state index contributed by atoms with van der Waals surface area (Å²) in [5.74, 6) is 0.851. The van der Waals surface area contributed by atoms with Crippen LogP contribution in [-0.2, 0) is 11.2 Å². The average Bonchev–Trinajstić information content (AvgIpc) is 2.32. The van der Waals surface area contributed by atoms with Gasteiger partial charge in [0.2, 0.25) is 5.91 Å². The molecule has 0 spiro atoms. The van der Waals surface area contributed by atoms with Crippen molar-refractivity contribution in [2.24, 2.45) is 0 Å². The molecule has 0 heterocycles. The summed E-state index contributed by atoms with van der Waals surface area (Å²) in [5, 5.41) is 2.91. The van der Waals surface area contributed by atoms with Gasteiger partial charge in [0.15, 0.2) is 0 Å². The van der Waals surface area contributed by atoms with Gasteiger partial charge in [0.05, 0.1) is 12.3 Å². The summed E-state index contributed by atoms with van der Waals surface area (Å²) in [6.07, 6.45) is 2.29. The Kier molecular flexibility index (Phi) is 5.53. The minimum absolute atomic E-state index is 0.0432. The number of para-hydroxylation sites is 1. The molecule has 0 aliphatic rings. The van der Waals surface area contributed by atoms with Gasteiger partial charge in [-0.1, -0.05) is 26.0 Å².